The van der Waals surface area contributed by atoms with Crippen LogP contribution in [-0.4, -0.2) is 16.9 Å². The Hall–Kier alpha value is -2.00. The lowest BCUT2D eigenvalue weighted by Gasteiger charge is -2.16. The van der Waals surface area contributed by atoms with E-state index in [1.54, 1.807) is 12.1 Å². The van der Waals surface area contributed by atoms with Gasteiger partial charge in [-0.3, -0.25) is 10.3 Å². The number of anilines is 1. The molecule has 0 saturated carbocycles. The summed E-state index contributed by atoms with van der Waals surface area (Å²) in [6.07, 6.45) is 0. The summed E-state index contributed by atoms with van der Waals surface area (Å²) in [5, 5.41) is 20.2. The first-order chi connectivity index (χ1) is 8.61. The molecule has 0 bridgehead atoms. The number of nitrogens with zero attached hydrogens (tertiary/aromatic N) is 1. The highest BCUT2D eigenvalue weighted by Gasteiger charge is 2.06. The lowest BCUT2D eigenvalue weighted by atomic mass is 10.00. The van der Waals surface area contributed by atoms with Crippen LogP contribution in [0, 0.1) is 6.92 Å². The summed E-state index contributed by atoms with van der Waals surface area (Å²) in [6.45, 7) is 4.46. The first-order valence-corrected chi connectivity index (χ1v) is 5.98. The van der Waals surface area contributed by atoms with E-state index in [2.05, 4.69) is 0 Å². The fourth-order valence-corrected chi connectivity index (χ4v) is 1.91. The molecule has 2 N–H and O–H groups in total. The van der Waals surface area contributed by atoms with Crippen LogP contribution in [0.25, 0.3) is 11.1 Å². The van der Waals surface area contributed by atoms with E-state index in [0.29, 0.717) is 6.54 Å². The quantitative estimate of drug-likeness (QED) is 0.810. The maximum absolute atomic E-state index is 9.73. The van der Waals surface area contributed by atoms with Crippen molar-refractivity contribution in [3.8, 4) is 16.9 Å². The van der Waals surface area contributed by atoms with Crippen molar-refractivity contribution < 1.29 is 10.3 Å². The summed E-state index contributed by atoms with van der Waals surface area (Å²) >= 11 is 0. The van der Waals surface area contributed by atoms with Gasteiger partial charge in [-0.25, -0.2) is 0 Å². The number of rotatable bonds is 3. The van der Waals surface area contributed by atoms with Crippen molar-refractivity contribution >= 4 is 5.69 Å². The molecule has 94 valence electrons. The van der Waals surface area contributed by atoms with Gasteiger partial charge in [0.15, 0.2) is 0 Å². The molecule has 0 amide bonds. The van der Waals surface area contributed by atoms with Gasteiger partial charge in [0, 0.05) is 6.54 Å². The van der Waals surface area contributed by atoms with Gasteiger partial charge in [-0.2, -0.15) is 0 Å². The molecule has 0 heterocycles. The zero-order chi connectivity index (χ0) is 13.1. The van der Waals surface area contributed by atoms with Crippen LogP contribution in [-0.2, 0) is 0 Å². The van der Waals surface area contributed by atoms with Gasteiger partial charge >= 0.3 is 0 Å². The molecule has 3 heteroatoms. The van der Waals surface area contributed by atoms with Crippen molar-refractivity contribution in [3.63, 3.8) is 0 Å². The van der Waals surface area contributed by atoms with Crippen molar-refractivity contribution in [2.24, 2.45) is 0 Å². The van der Waals surface area contributed by atoms with Gasteiger partial charge in [-0.1, -0.05) is 18.2 Å². The molecule has 2 aromatic rings. The second-order valence-corrected chi connectivity index (χ2v) is 4.26. The Morgan fingerprint density at radius 3 is 2.33 bits per heavy atom. The maximum Gasteiger partial charge on any atom is 0.115 e. The number of hydroxylamine groups is 1. The minimum Gasteiger partial charge on any atom is -0.508 e. The van der Waals surface area contributed by atoms with Gasteiger partial charge in [0.1, 0.15) is 5.75 Å². The normalized spacial score (nSPS) is 10.4. The van der Waals surface area contributed by atoms with Gasteiger partial charge < -0.3 is 5.11 Å². The smallest absolute Gasteiger partial charge is 0.115 e. The Bertz CT molecular complexity index is 535. The minimum atomic E-state index is 0.255. The van der Waals surface area contributed by atoms with E-state index >= 15 is 0 Å². The summed E-state index contributed by atoms with van der Waals surface area (Å²) in [4.78, 5) is 0. The third-order valence-electron chi connectivity index (χ3n) is 3.00. The SMILES string of the molecule is CCN(O)c1ccc(C)c(-c2ccc(O)cc2)c1. The lowest BCUT2D eigenvalue weighted by Crippen LogP contribution is -2.16. The monoisotopic (exact) mass is 243 g/mol. The Kier molecular flexibility index (Phi) is 3.53. The number of benzene rings is 2. The average Bonchev–Trinajstić information content (AvgIpc) is 2.39. The summed E-state index contributed by atoms with van der Waals surface area (Å²) < 4.78 is 0. The Balaban J connectivity index is 2.46. The second-order valence-electron chi connectivity index (χ2n) is 4.26. The minimum absolute atomic E-state index is 0.255. The van der Waals surface area contributed by atoms with E-state index < -0.39 is 0 Å². The number of aromatic hydroxyl groups is 1. The Morgan fingerprint density at radius 2 is 1.72 bits per heavy atom. The zero-order valence-electron chi connectivity index (χ0n) is 10.6. The van der Waals surface area contributed by atoms with E-state index in [4.69, 9.17) is 0 Å². The summed E-state index contributed by atoms with van der Waals surface area (Å²) in [5.41, 5.74) is 3.98. The average molecular weight is 243 g/mol. The highest BCUT2D eigenvalue weighted by Crippen LogP contribution is 2.28. The van der Waals surface area contributed by atoms with Gasteiger partial charge in [-0.05, 0) is 54.8 Å². The third kappa shape index (κ3) is 2.46. The van der Waals surface area contributed by atoms with Gasteiger partial charge in [0.25, 0.3) is 0 Å². The largest absolute Gasteiger partial charge is 0.508 e. The molecule has 2 rings (SSSR count). The number of phenols is 1. The number of hydrogen-bond acceptors (Lipinski definition) is 3. The molecule has 0 fully saturated rings. The van der Waals surface area contributed by atoms with Crippen molar-refractivity contribution in [1.29, 1.82) is 0 Å². The second kappa shape index (κ2) is 5.10. The molecule has 0 aromatic heterocycles. The molecular weight excluding hydrogens is 226 g/mol. The molecule has 0 saturated heterocycles. The van der Waals surface area contributed by atoms with Crippen molar-refractivity contribution in [2.75, 3.05) is 11.6 Å². The van der Waals surface area contributed by atoms with Crippen molar-refractivity contribution in [3.05, 3.63) is 48.0 Å². The summed E-state index contributed by atoms with van der Waals surface area (Å²) in [6, 6.07) is 12.9. The van der Waals surface area contributed by atoms with Crippen LogP contribution in [0.4, 0.5) is 5.69 Å². The Morgan fingerprint density at radius 1 is 1.06 bits per heavy atom. The standard InChI is InChI=1S/C15H17NO2/c1-3-16(18)13-7-4-11(2)15(10-13)12-5-8-14(17)9-6-12/h4-10,17-18H,3H2,1-2H3. The molecule has 3 nitrogen and oxygen atoms in total. The molecule has 0 aliphatic heterocycles. The zero-order valence-corrected chi connectivity index (χ0v) is 10.6. The molecule has 0 aliphatic carbocycles. The van der Waals surface area contributed by atoms with Crippen molar-refractivity contribution in [1.82, 2.24) is 0 Å². The number of phenolic OH excluding ortho intramolecular Hbond substituents is 1. The highest BCUT2D eigenvalue weighted by atomic mass is 16.5. The van der Waals surface area contributed by atoms with Crippen LogP contribution in [0.3, 0.4) is 0 Å². The fraction of sp³-hybridized carbons (Fsp3) is 0.200. The molecule has 0 spiro atoms. The lowest BCUT2D eigenvalue weighted by molar-refractivity contribution is 0.260. The van der Waals surface area contributed by atoms with Crippen molar-refractivity contribution in [2.45, 2.75) is 13.8 Å². The molecule has 0 radical (unpaired) electrons. The topological polar surface area (TPSA) is 43.7 Å². The van der Waals surface area contributed by atoms with E-state index in [0.717, 1.165) is 22.4 Å². The van der Waals surface area contributed by atoms with Crippen LogP contribution in [0.1, 0.15) is 12.5 Å². The molecule has 0 unspecified atom stereocenters. The first-order valence-electron chi connectivity index (χ1n) is 5.98. The first kappa shape index (κ1) is 12.5. The van der Waals surface area contributed by atoms with Gasteiger partial charge in [-0.15, -0.1) is 0 Å². The fourth-order valence-electron chi connectivity index (χ4n) is 1.91. The van der Waals surface area contributed by atoms with E-state index in [1.165, 1.54) is 5.06 Å². The van der Waals surface area contributed by atoms with Crippen LogP contribution < -0.4 is 5.06 Å². The van der Waals surface area contributed by atoms with Gasteiger partial charge in [0.05, 0.1) is 5.69 Å². The van der Waals surface area contributed by atoms with Crippen LogP contribution in [0.2, 0.25) is 0 Å². The molecular formula is C15H17NO2. The predicted molar refractivity (Wildman–Crippen MR) is 73.1 cm³/mol. The third-order valence-corrected chi connectivity index (χ3v) is 3.00. The van der Waals surface area contributed by atoms with Gasteiger partial charge in [0.2, 0.25) is 0 Å². The summed E-state index contributed by atoms with van der Waals surface area (Å²) in [7, 11) is 0. The number of aryl methyl sites for hydroxylation is 1. The van der Waals surface area contributed by atoms with E-state index in [9.17, 15) is 10.3 Å². The van der Waals surface area contributed by atoms with E-state index in [1.807, 2.05) is 44.2 Å². The van der Waals surface area contributed by atoms with Crippen LogP contribution >= 0.6 is 0 Å². The molecule has 0 atom stereocenters. The Labute approximate surface area is 107 Å². The highest BCUT2D eigenvalue weighted by molar-refractivity contribution is 5.72. The predicted octanol–water partition coefficient (Wildman–Crippen LogP) is 3.58. The molecule has 2 aromatic carbocycles. The molecule has 18 heavy (non-hydrogen) atoms. The molecule has 0 aliphatic rings. The van der Waals surface area contributed by atoms with Crippen LogP contribution in [0.5, 0.6) is 5.75 Å². The maximum atomic E-state index is 9.73. The summed E-state index contributed by atoms with van der Waals surface area (Å²) in [5.74, 6) is 0.255. The number of hydrogen-bond donors (Lipinski definition) is 2. The van der Waals surface area contributed by atoms with Crippen LogP contribution in [0.15, 0.2) is 42.5 Å². The van der Waals surface area contributed by atoms with E-state index in [-0.39, 0.29) is 5.75 Å².